The molecule has 2 atom stereocenters. The molecule has 1 aliphatic rings. The zero-order valence-corrected chi connectivity index (χ0v) is 13.7. The molecule has 1 amide bonds. The monoisotopic (exact) mass is 333 g/mol. The van der Waals surface area contributed by atoms with Gasteiger partial charge in [-0.05, 0) is 23.3 Å². The number of fused-ring (bicyclic) bond motifs is 1. The summed E-state index contributed by atoms with van der Waals surface area (Å²) in [6, 6.07) is 19.0. The van der Waals surface area contributed by atoms with Crippen molar-refractivity contribution < 1.29 is 9.53 Å². The number of nitrogens with one attached hydrogen (secondary N) is 1. The molecular formula is C20H19N3O2. The first-order valence-corrected chi connectivity index (χ1v) is 8.37. The van der Waals surface area contributed by atoms with Crippen molar-refractivity contribution in [3.63, 3.8) is 0 Å². The van der Waals surface area contributed by atoms with Crippen LogP contribution in [-0.2, 0) is 11.2 Å². The Labute approximate surface area is 146 Å². The van der Waals surface area contributed by atoms with Crippen molar-refractivity contribution in [2.24, 2.45) is 0 Å². The van der Waals surface area contributed by atoms with Crippen molar-refractivity contribution >= 4 is 5.91 Å². The van der Waals surface area contributed by atoms with Crippen LogP contribution in [0.4, 0.5) is 0 Å². The predicted octanol–water partition coefficient (Wildman–Crippen LogP) is 2.59. The lowest BCUT2D eigenvalue weighted by Gasteiger charge is -2.19. The third-order valence-corrected chi connectivity index (χ3v) is 4.37. The maximum atomic E-state index is 12.8. The molecule has 0 saturated carbocycles. The minimum Gasteiger partial charge on any atom is -0.488 e. The number of hydrogen-bond donors (Lipinski definition) is 1. The van der Waals surface area contributed by atoms with Gasteiger partial charge < -0.3 is 10.1 Å². The van der Waals surface area contributed by atoms with E-state index in [1.165, 1.54) is 5.56 Å². The Bertz CT molecular complexity index is 821. The van der Waals surface area contributed by atoms with Gasteiger partial charge in [0.1, 0.15) is 11.9 Å². The van der Waals surface area contributed by atoms with Gasteiger partial charge in [0.05, 0.1) is 6.54 Å². The Hall–Kier alpha value is -3.08. The topological polar surface area (TPSA) is 56.1 Å². The molecule has 0 unspecified atom stereocenters. The van der Waals surface area contributed by atoms with Crippen molar-refractivity contribution in [2.75, 3.05) is 6.54 Å². The maximum Gasteiger partial charge on any atom is 0.249 e. The van der Waals surface area contributed by atoms with Crippen molar-refractivity contribution in [3.8, 4) is 5.75 Å². The molecule has 1 aliphatic heterocycles. The van der Waals surface area contributed by atoms with Crippen LogP contribution in [0.1, 0.15) is 17.2 Å². The highest BCUT2D eigenvalue weighted by molar-refractivity contribution is 5.83. The largest absolute Gasteiger partial charge is 0.488 e. The first-order chi connectivity index (χ1) is 12.3. The van der Waals surface area contributed by atoms with E-state index in [9.17, 15) is 4.79 Å². The minimum atomic E-state index is -0.486. The molecule has 3 aromatic rings. The van der Waals surface area contributed by atoms with Crippen LogP contribution in [0, 0.1) is 0 Å². The van der Waals surface area contributed by atoms with E-state index in [1.54, 1.807) is 17.1 Å². The molecular weight excluding hydrogens is 314 g/mol. The van der Waals surface area contributed by atoms with Crippen molar-refractivity contribution in [1.29, 1.82) is 0 Å². The Morgan fingerprint density at radius 2 is 1.96 bits per heavy atom. The highest BCUT2D eigenvalue weighted by Gasteiger charge is 2.26. The summed E-state index contributed by atoms with van der Waals surface area (Å²) in [7, 11) is 0. The van der Waals surface area contributed by atoms with E-state index in [2.05, 4.69) is 16.5 Å². The molecule has 4 rings (SSSR count). The molecule has 2 heterocycles. The van der Waals surface area contributed by atoms with Crippen LogP contribution in [0.3, 0.4) is 0 Å². The smallest absolute Gasteiger partial charge is 0.249 e. The molecule has 0 saturated heterocycles. The highest BCUT2D eigenvalue weighted by Crippen LogP contribution is 2.28. The standard InChI is InChI=1S/C20H19N3O2/c24-20(21-14-17-13-16-9-4-5-10-18(16)25-17)19(23-12-6-11-22-23)15-7-2-1-3-8-15/h1-12,17,19H,13-14H2,(H,21,24)/t17-,19-/m1/s1. The predicted molar refractivity (Wildman–Crippen MR) is 94.4 cm³/mol. The average Bonchev–Trinajstić information content (AvgIpc) is 3.30. The van der Waals surface area contributed by atoms with Gasteiger partial charge in [-0.15, -0.1) is 0 Å². The summed E-state index contributed by atoms with van der Waals surface area (Å²) in [6.45, 7) is 0.470. The second-order valence-corrected chi connectivity index (χ2v) is 6.10. The Balaban J connectivity index is 1.45. The SMILES string of the molecule is O=C(NC[C@H]1Cc2ccccc2O1)[C@@H](c1ccccc1)n1cccn1. The summed E-state index contributed by atoms with van der Waals surface area (Å²) in [5.74, 6) is 0.822. The van der Waals surface area contributed by atoms with Crippen LogP contribution in [0.5, 0.6) is 5.75 Å². The van der Waals surface area contributed by atoms with Gasteiger partial charge in [0.2, 0.25) is 5.91 Å². The number of rotatable bonds is 5. The number of carbonyl (C=O) groups excluding carboxylic acids is 1. The molecule has 1 aromatic heterocycles. The summed E-state index contributed by atoms with van der Waals surface area (Å²) in [4.78, 5) is 12.8. The zero-order valence-electron chi connectivity index (χ0n) is 13.7. The average molecular weight is 333 g/mol. The summed E-state index contributed by atoms with van der Waals surface area (Å²) in [5.41, 5.74) is 2.09. The fourth-order valence-electron chi connectivity index (χ4n) is 3.17. The quantitative estimate of drug-likeness (QED) is 0.781. The van der Waals surface area contributed by atoms with Crippen molar-refractivity contribution in [3.05, 3.63) is 84.2 Å². The maximum absolute atomic E-state index is 12.8. The fourth-order valence-corrected chi connectivity index (χ4v) is 3.17. The molecule has 0 radical (unpaired) electrons. The molecule has 5 nitrogen and oxygen atoms in total. The fraction of sp³-hybridized carbons (Fsp3) is 0.200. The number of benzene rings is 2. The summed E-state index contributed by atoms with van der Waals surface area (Å²) >= 11 is 0. The van der Waals surface area contributed by atoms with E-state index in [-0.39, 0.29) is 12.0 Å². The third-order valence-electron chi connectivity index (χ3n) is 4.37. The van der Waals surface area contributed by atoms with Crippen LogP contribution >= 0.6 is 0 Å². The molecule has 5 heteroatoms. The van der Waals surface area contributed by atoms with Gasteiger partial charge in [-0.1, -0.05) is 48.5 Å². The molecule has 25 heavy (non-hydrogen) atoms. The van der Waals surface area contributed by atoms with E-state index in [0.717, 1.165) is 17.7 Å². The van der Waals surface area contributed by atoms with Crippen LogP contribution in [0.25, 0.3) is 0 Å². The number of amides is 1. The number of nitrogens with zero attached hydrogens (tertiary/aromatic N) is 2. The number of carbonyl (C=O) groups is 1. The van der Waals surface area contributed by atoms with Gasteiger partial charge >= 0.3 is 0 Å². The minimum absolute atomic E-state index is 0.0320. The van der Waals surface area contributed by atoms with E-state index < -0.39 is 6.04 Å². The van der Waals surface area contributed by atoms with Crippen LogP contribution < -0.4 is 10.1 Å². The van der Waals surface area contributed by atoms with Gasteiger partial charge in [-0.25, -0.2) is 0 Å². The molecule has 126 valence electrons. The second-order valence-electron chi connectivity index (χ2n) is 6.10. The van der Waals surface area contributed by atoms with Crippen molar-refractivity contribution in [2.45, 2.75) is 18.6 Å². The normalized spacial score (nSPS) is 16.7. The Morgan fingerprint density at radius 1 is 1.16 bits per heavy atom. The zero-order chi connectivity index (χ0) is 17.1. The van der Waals surface area contributed by atoms with Crippen LogP contribution in [0.2, 0.25) is 0 Å². The van der Waals surface area contributed by atoms with Gasteiger partial charge in [0.15, 0.2) is 6.04 Å². The summed E-state index contributed by atoms with van der Waals surface area (Å²) < 4.78 is 7.57. The van der Waals surface area contributed by atoms with E-state index in [4.69, 9.17) is 4.74 Å². The molecule has 0 bridgehead atoms. The summed E-state index contributed by atoms with van der Waals surface area (Å²) in [5, 5.41) is 7.27. The van der Waals surface area contributed by atoms with E-state index in [0.29, 0.717) is 6.54 Å². The Morgan fingerprint density at radius 3 is 2.72 bits per heavy atom. The van der Waals surface area contributed by atoms with E-state index >= 15 is 0 Å². The third kappa shape index (κ3) is 3.26. The lowest BCUT2D eigenvalue weighted by atomic mass is 10.1. The number of hydrogen-bond acceptors (Lipinski definition) is 3. The van der Waals surface area contributed by atoms with Crippen LogP contribution in [-0.4, -0.2) is 28.3 Å². The first-order valence-electron chi connectivity index (χ1n) is 8.37. The van der Waals surface area contributed by atoms with Gasteiger partial charge in [-0.3, -0.25) is 9.48 Å². The molecule has 2 aromatic carbocycles. The van der Waals surface area contributed by atoms with Gasteiger partial charge in [0.25, 0.3) is 0 Å². The molecule has 0 spiro atoms. The van der Waals surface area contributed by atoms with Crippen LogP contribution in [0.15, 0.2) is 73.1 Å². The molecule has 0 fully saturated rings. The first kappa shape index (κ1) is 15.4. The number of para-hydroxylation sites is 1. The van der Waals surface area contributed by atoms with Crippen molar-refractivity contribution in [1.82, 2.24) is 15.1 Å². The highest BCUT2D eigenvalue weighted by atomic mass is 16.5. The lowest BCUT2D eigenvalue weighted by Crippen LogP contribution is -2.39. The second kappa shape index (κ2) is 6.81. The lowest BCUT2D eigenvalue weighted by molar-refractivity contribution is -0.123. The number of ether oxygens (including phenoxy) is 1. The molecule has 1 N–H and O–H groups in total. The number of aromatic nitrogens is 2. The van der Waals surface area contributed by atoms with E-state index in [1.807, 2.05) is 54.6 Å². The summed E-state index contributed by atoms with van der Waals surface area (Å²) in [6.07, 6.45) is 4.27. The van der Waals surface area contributed by atoms with Gasteiger partial charge in [0, 0.05) is 18.8 Å². The van der Waals surface area contributed by atoms with Gasteiger partial charge in [-0.2, -0.15) is 5.10 Å². The molecule has 0 aliphatic carbocycles. The Kier molecular flexibility index (Phi) is 4.21.